The van der Waals surface area contributed by atoms with Crippen LogP contribution in [0.3, 0.4) is 0 Å². The summed E-state index contributed by atoms with van der Waals surface area (Å²) in [6.45, 7) is -1.43. The van der Waals surface area contributed by atoms with Gasteiger partial charge in [-0.05, 0) is 23.8 Å². The standard InChI is InChI=1S/C16H13ClF5N3O4S/c1-29-15(26)13-14(24-5-4-23-13)25(7-12(18)19)30(27,28)8-9-6-10(16(20,21)22)2-3-11(9)17/h2-6,12H,7-8H2,1H3. The molecule has 2 aromatic rings. The topological polar surface area (TPSA) is 89.5 Å². The first-order valence-electron chi connectivity index (χ1n) is 7.90. The zero-order chi connectivity index (χ0) is 22.7. The van der Waals surface area contributed by atoms with E-state index in [1.165, 1.54) is 0 Å². The molecule has 0 radical (unpaired) electrons. The van der Waals surface area contributed by atoms with Gasteiger partial charge in [-0.2, -0.15) is 13.2 Å². The molecule has 0 unspecified atom stereocenters. The number of nitrogens with zero attached hydrogens (tertiary/aromatic N) is 3. The highest BCUT2D eigenvalue weighted by molar-refractivity contribution is 7.92. The Labute approximate surface area is 172 Å². The van der Waals surface area contributed by atoms with Crippen LogP contribution in [0.2, 0.25) is 5.02 Å². The number of sulfonamides is 1. The van der Waals surface area contributed by atoms with Crippen molar-refractivity contribution in [2.45, 2.75) is 18.4 Å². The third kappa shape index (κ3) is 5.53. The van der Waals surface area contributed by atoms with Gasteiger partial charge in [-0.25, -0.2) is 36.3 Å². The number of hydrogen-bond acceptors (Lipinski definition) is 6. The minimum atomic E-state index is -4.78. The molecule has 1 aromatic heterocycles. The summed E-state index contributed by atoms with van der Waals surface area (Å²) in [6.07, 6.45) is -6.03. The number of carbonyl (C=O) groups excluding carboxylic acids is 1. The monoisotopic (exact) mass is 473 g/mol. The molecule has 164 valence electrons. The van der Waals surface area contributed by atoms with Gasteiger partial charge in [0.2, 0.25) is 10.0 Å². The van der Waals surface area contributed by atoms with E-state index in [0.717, 1.165) is 25.6 Å². The van der Waals surface area contributed by atoms with Crippen LogP contribution in [-0.2, 0) is 26.7 Å². The quantitative estimate of drug-likeness (QED) is 0.451. The Hall–Kier alpha value is -2.54. The van der Waals surface area contributed by atoms with Gasteiger partial charge in [0.1, 0.15) is 0 Å². The Morgan fingerprint density at radius 2 is 1.87 bits per heavy atom. The molecule has 1 heterocycles. The van der Waals surface area contributed by atoms with Crippen LogP contribution in [-0.4, -0.2) is 44.4 Å². The van der Waals surface area contributed by atoms with E-state index in [0.29, 0.717) is 12.1 Å². The first kappa shape index (κ1) is 23.7. The maximum Gasteiger partial charge on any atom is 0.416 e. The lowest BCUT2D eigenvalue weighted by Crippen LogP contribution is -2.38. The van der Waals surface area contributed by atoms with Gasteiger partial charge in [0.05, 0.1) is 25.0 Å². The van der Waals surface area contributed by atoms with Crippen LogP contribution < -0.4 is 4.31 Å². The lowest BCUT2D eigenvalue weighted by atomic mass is 10.1. The molecule has 0 saturated heterocycles. The van der Waals surface area contributed by atoms with E-state index < -0.39 is 63.5 Å². The lowest BCUT2D eigenvalue weighted by Gasteiger charge is -2.24. The van der Waals surface area contributed by atoms with Crippen molar-refractivity contribution in [2.24, 2.45) is 0 Å². The summed E-state index contributed by atoms with van der Waals surface area (Å²) < 4.78 is 95.2. The second-order valence-corrected chi connectivity index (χ2v) is 8.00. The van der Waals surface area contributed by atoms with Crippen LogP contribution >= 0.6 is 11.6 Å². The molecule has 0 bridgehead atoms. The van der Waals surface area contributed by atoms with E-state index in [1.54, 1.807) is 0 Å². The zero-order valence-electron chi connectivity index (χ0n) is 15.0. The van der Waals surface area contributed by atoms with Crippen LogP contribution in [0.1, 0.15) is 21.6 Å². The van der Waals surface area contributed by atoms with Crippen molar-refractivity contribution >= 4 is 33.4 Å². The Balaban J connectivity index is 2.55. The lowest BCUT2D eigenvalue weighted by molar-refractivity contribution is -0.137. The van der Waals surface area contributed by atoms with Crippen molar-refractivity contribution in [2.75, 3.05) is 18.0 Å². The van der Waals surface area contributed by atoms with Gasteiger partial charge in [-0.3, -0.25) is 0 Å². The second-order valence-electron chi connectivity index (χ2n) is 5.70. The molecule has 0 aliphatic rings. The molecular weight excluding hydrogens is 461 g/mol. The number of esters is 1. The minimum Gasteiger partial charge on any atom is -0.464 e. The molecular formula is C16H13ClF5N3O4S. The van der Waals surface area contributed by atoms with Crippen molar-refractivity contribution in [1.82, 2.24) is 9.97 Å². The number of rotatable bonds is 7. The summed E-state index contributed by atoms with van der Waals surface area (Å²) in [6, 6.07) is 1.99. The normalized spacial score (nSPS) is 12.1. The van der Waals surface area contributed by atoms with E-state index >= 15 is 0 Å². The number of aromatic nitrogens is 2. The predicted octanol–water partition coefficient (Wildman–Crippen LogP) is 3.54. The predicted molar refractivity (Wildman–Crippen MR) is 95.8 cm³/mol. The average Bonchev–Trinajstić information content (AvgIpc) is 2.66. The third-order valence-electron chi connectivity index (χ3n) is 3.64. The fourth-order valence-corrected chi connectivity index (χ4v) is 4.14. The van der Waals surface area contributed by atoms with E-state index in [2.05, 4.69) is 14.7 Å². The zero-order valence-corrected chi connectivity index (χ0v) is 16.6. The van der Waals surface area contributed by atoms with Crippen molar-refractivity contribution in [1.29, 1.82) is 0 Å². The molecule has 0 amide bonds. The molecule has 0 aliphatic carbocycles. The number of ether oxygens (including phenoxy) is 1. The van der Waals surface area contributed by atoms with E-state index in [1.807, 2.05) is 0 Å². The summed E-state index contributed by atoms with van der Waals surface area (Å²) in [5, 5.41) is -0.323. The third-order valence-corrected chi connectivity index (χ3v) is 5.68. The van der Waals surface area contributed by atoms with E-state index in [4.69, 9.17) is 11.6 Å². The average molecular weight is 474 g/mol. The molecule has 2 rings (SSSR count). The van der Waals surface area contributed by atoms with Gasteiger partial charge in [-0.15, -0.1) is 0 Å². The van der Waals surface area contributed by atoms with Crippen LogP contribution in [0.4, 0.5) is 27.8 Å². The number of anilines is 1. The van der Waals surface area contributed by atoms with E-state index in [-0.39, 0.29) is 9.33 Å². The fraction of sp³-hybridized carbons (Fsp3) is 0.312. The van der Waals surface area contributed by atoms with Crippen LogP contribution in [0.5, 0.6) is 0 Å². The fourth-order valence-electron chi connectivity index (χ4n) is 2.35. The van der Waals surface area contributed by atoms with Gasteiger partial charge in [0.15, 0.2) is 11.5 Å². The molecule has 0 N–H and O–H groups in total. The van der Waals surface area contributed by atoms with Crippen molar-refractivity contribution in [3.05, 3.63) is 52.4 Å². The molecule has 0 saturated carbocycles. The molecule has 14 heteroatoms. The largest absolute Gasteiger partial charge is 0.464 e. The number of methoxy groups -OCH3 is 1. The number of carbonyl (C=O) groups is 1. The van der Waals surface area contributed by atoms with Crippen LogP contribution in [0, 0.1) is 0 Å². The van der Waals surface area contributed by atoms with E-state index in [9.17, 15) is 35.2 Å². The van der Waals surface area contributed by atoms with Gasteiger partial charge >= 0.3 is 12.1 Å². The molecule has 0 atom stereocenters. The van der Waals surface area contributed by atoms with Gasteiger partial charge in [0, 0.05) is 17.4 Å². The summed E-state index contributed by atoms with van der Waals surface area (Å²) in [5.74, 6) is -3.07. The molecule has 0 aliphatic heterocycles. The molecule has 1 aromatic carbocycles. The highest BCUT2D eigenvalue weighted by Gasteiger charge is 2.34. The minimum absolute atomic E-state index is 0.0908. The summed E-state index contributed by atoms with van der Waals surface area (Å²) in [7, 11) is -3.83. The van der Waals surface area contributed by atoms with Gasteiger partial charge in [-0.1, -0.05) is 11.6 Å². The number of hydrogen-bond donors (Lipinski definition) is 0. The number of halogens is 6. The van der Waals surface area contributed by atoms with Crippen molar-refractivity contribution < 1.29 is 39.9 Å². The molecule has 0 fully saturated rings. The maximum atomic E-state index is 13.1. The summed E-state index contributed by atoms with van der Waals surface area (Å²) >= 11 is 5.81. The van der Waals surface area contributed by atoms with Crippen molar-refractivity contribution in [3.63, 3.8) is 0 Å². The Morgan fingerprint density at radius 3 is 2.43 bits per heavy atom. The number of benzene rings is 1. The smallest absolute Gasteiger partial charge is 0.416 e. The van der Waals surface area contributed by atoms with Gasteiger partial charge in [0.25, 0.3) is 6.43 Å². The highest BCUT2D eigenvalue weighted by atomic mass is 35.5. The first-order chi connectivity index (χ1) is 13.9. The Morgan fingerprint density at radius 1 is 1.23 bits per heavy atom. The Kier molecular flexibility index (Phi) is 7.18. The molecule has 30 heavy (non-hydrogen) atoms. The first-order valence-corrected chi connectivity index (χ1v) is 9.89. The van der Waals surface area contributed by atoms with Crippen LogP contribution in [0.25, 0.3) is 0 Å². The highest BCUT2D eigenvalue weighted by Crippen LogP contribution is 2.33. The second kappa shape index (κ2) is 9.08. The number of alkyl halides is 5. The Bertz CT molecular complexity index is 1030. The van der Waals surface area contributed by atoms with Crippen molar-refractivity contribution in [3.8, 4) is 0 Å². The maximum absolute atomic E-state index is 13.1. The summed E-state index contributed by atoms with van der Waals surface area (Å²) in [5.41, 5.74) is -2.32. The SMILES string of the molecule is COC(=O)c1nccnc1N(CC(F)F)S(=O)(=O)Cc1cc(C(F)(F)F)ccc1Cl. The van der Waals surface area contributed by atoms with Crippen LogP contribution in [0.15, 0.2) is 30.6 Å². The van der Waals surface area contributed by atoms with Gasteiger partial charge < -0.3 is 4.74 Å². The summed E-state index contributed by atoms with van der Waals surface area (Å²) in [4.78, 5) is 19.1. The molecule has 0 spiro atoms. The molecule has 7 nitrogen and oxygen atoms in total.